The third-order valence-corrected chi connectivity index (χ3v) is 5.91. The highest BCUT2D eigenvalue weighted by Gasteiger charge is 2.16. The van der Waals surface area contributed by atoms with Crippen LogP contribution in [-0.4, -0.2) is 43.7 Å². The maximum Gasteiger partial charge on any atom is 0.253 e. The maximum absolute atomic E-state index is 12.6. The number of benzene rings is 1. The Kier molecular flexibility index (Phi) is 6.47. The highest BCUT2D eigenvalue weighted by atomic mass is 35.5. The fraction of sp³-hybridized carbons (Fsp3) is 0.368. The number of fused-ring (bicyclic) bond motifs is 1. The Morgan fingerprint density at radius 2 is 1.96 bits per heavy atom. The molecule has 3 rings (SSSR count). The normalized spacial score (nSPS) is 11.2. The summed E-state index contributed by atoms with van der Waals surface area (Å²) in [7, 11) is 1.79. The van der Waals surface area contributed by atoms with Crippen molar-refractivity contribution in [2.45, 2.75) is 38.4 Å². The summed E-state index contributed by atoms with van der Waals surface area (Å²) in [5.41, 5.74) is 3.81. The number of carbonyl (C=O) groups is 1. The largest absolute Gasteiger partial charge is 0.341 e. The molecule has 0 aliphatic carbocycles. The molecule has 6 nitrogen and oxygen atoms in total. The van der Waals surface area contributed by atoms with Crippen LogP contribution < -0.4 is 0 Å². The van der Waals surface area contributed by atoms with Gasteiger partial charge in [0.15, 0.2) is 0 Å². The standard InChI is InChI=1S/C19H21Cl2N5OS/c1-11-14(12(2)26-18(22-11)23-19(24-26)28-4)6-8-17(27)25(3)10-13-5-7-15(20)16(21)9-13/h5,7,9H,6,8,10H2,1-4H3. The quantitative estimate of drug-likeness (QED) is 0.535. The van der Waals surface area contributed by atoms with E-state index in [9.17, 15) is 4.79 Å². The number of carbonyl (C=O) groups excluding carboxylic acids is 1. The third-order valence-electron chi connectivity index (χ3n) is 4.63. The van der Waals surface area contributed by atoms with Gasteiger partial charge in [0.25, 0.3) is 5.78 Å². The lowest BCUT2D eigenvalue weighted by Crippen LogP contribution is -2.26. The van der Waals surface area contributed by atoms with Crippen LogP contribution in [0.1, 0.15) is 28.9 Å². The lowest BCUT2D eigenvalue weighted by molar-refractivity contribution is -0.130. The number of rotatable bonds is 6. The van der Waals surface area contributed by atoms with Crippen LogP contribution >= 0.6 is 35.0 Å². The first-order chi connectivity index (χ1) is 13.3. The van der Waals surface area contributed by atoms with Crippen molar-refractivity contribution in [3.8, 4) is 0 Å². The van der Waals surface area contributed by atoms with Crippen molar-refractivity contribution in [1.82, 2.24) is 24.5 Å². The van der Waals surface area contributed by atoms with Gasteiger partial charge in [0.05, 0.1) is 10.0 Å². The molecule has 1 amide bonds. The second kappa shape index (κ2) is 8.68. The molecule has 0 atom stereocenters. The van der Waals surface area contributed by atoms with Crippen LogP contribution in [0.15, 0.2) is 23.4 Å². The number of thioether (sulfide) groups is 1. The molecule has 0 saturated heterocycles. The highest BCUT2D eigenvalue weighted by molar-refractivity contribution is 7.98. The van der Waals surface area contributed by atoms with Gasteiger partial charge >= 0.3 is 0 Å². The number of hydrogen-bond donors (Lipinski definition) is 0. The first kappa shape index (κ1) is 20.9. The van der Waals surface area contributed by atoms with E-state index in [1.165, 1.54) is 11.8 Å². The van der Waals surface area contributed by atoms with Gasteiger partial charge in [-0.3, -0.25) is 4.79 Å². The van der Waals surface area contributed by atoms with Crippen molar-refractivity contribution >= 4 is 46.6 Å². The first-order valence-corrected chi connectivity index (χ1v) is 10.7. The van der Waals surface area contributed by atoms with E-state index in [0.29, 0.717) is 40.4 Å². The highest BCUT2D eigenvalue weighted by Crippen LogP contribution is 2.23. The van der Waals surface area contributed by atoms with E-state index in [2.05, 4.69) is 15.1 Å². The van der Waals surface area contributed by atoms with Gasteiger partial charge in [0.1, 0.15) is 0 Å². The molecule has 0 radical (unpaired) electrons. The third kappa shape index (κ3) is 4.42. The summed E-state index contributed by atoms with van der Waals surface area (Å²) in [6, 6.07) is 5.40. The summed E-state index contributed by atoms with van der Waals surface area (Å²) in [5.74, 6) is 0.638. The Hall–Kier alpha value is -1.83. The van der Waals surface area contributed by atoms with E-state index < -0.39 is 0 Å². The van der Waals surface area contributed by atoms with Gasteiger partial charge in [-0.05, 0) is 49.8 Å². The van der Waals surface area contributed by atoms with Gasteiger partial charge in [-0.1, -0.05) is 41.0 Å². The van der Waals surface area contributed by atoms with Gasteiger partial charge in [0, 0.05) is 31.4 Å². The predicted octanol–water partition coefficient (Wildman–Crippen LogP) is 4.36. The van der Waals surface area contributed by atoms with Crippen LogP contribution in [-0.2, 0) is 17.8 Å². The molecule has 2 aromatic heterocycles. The van der Waals surface area contributed by atoms with E-state index in [1.54, 1.807) is 28.6 Å². The zero-order valence-corrected chi connectivity index (χ0v) is 18.5. The Balaban J connectivity index is 1.70. The average molecular weight is 438 g/mol. The molecule has 2 heterocycles. The molecule has 3 aromatic rings. The van der Waals surface area contributed by atoms with Crippen LogP contribution in [0, 0.1) is 13.8 Å². The topological polar surface area (TPSA) is 63.4 Å². The first-order valence-electron chi connectivity index (χ1n) is 8.75. The van der Waals surface area contributed by atoms with Crippen molar-refractivity contribution in [1.29, 1.82) is 0 Å². The van der Waals surface area contributed by atoms with E-state index in [1.807, 2.05) is 26.2 Å². The van der Waals surface area contributed by atoms with E-state index in [-0.39, 0.29) is 5.91 Å². The molecule has 0 unspecified atom stereocenters. The van der Waals surface area contributed by atoms with Gasteiger partial charge in [-0.25, -0.2) is 9.50 Å². The lowest BCUT2D eigenvalue weighted by Gasteiger charge is -2.18. The fourth-order valence-corrected chi connectivity index (χ4v) is 3.72. The van der Waals surface area contributed by atoms with Crippen LogP contribution in [0.3, 0.4) is 0 Å². The Morgan fingerprint density at radius 1 is 1.21 bits per heavy atom. The minimum Gasteiger partial charge on any atom is -0.341 e. The van der Waals surface area contributed by atoms with E-state index in [4.69, 9.17) is 23.2 Å². The van der Waals surface area contributed by atoms with Gasteiger partial charge in [0.2, 0.25) is 11.1 Å². The molecular formula is C19H21Cl2N5OS. The minimum absolute atomic E-state index is 0.0494. The van der Waals surface area contributed by atoms with Crippen molar-refractivity contribution < 1.29 is 4.79 Å². The van der Waals surface area contributed by atoms with Gasteiger partial charge < -0.3 is 4.90 Å². The van der Waals surface area contributed by atoms with Crippen molar-refractivity contribution in [3.05, 3.63) is 50.8 Å². The number of amides is 1. The summed E-state index contributed by atoms with van der Waals surface area (Å²) >= 11 is 13.5. The lowest BCUT2D eigenvalue weighted by atomic mass is 10.1. The number of aryl methyl sites for hydroxylation is 2. The summed E-state index contributed by atoms with van der Waals surface area (Å²) < 4.78 is 1.75. The molecule has 0 aliphatic heterocycles. The van der Waals surface area contributed by atoms with Gasteiger partial charge in [-0.2, -0.15) is 4.98 Å². The zero-order chi connectivity index (χ0) is 20.4. The molecule has 0 spiro atoms. The SMILES string of the molecule is CSc1nc2nc(C)c(CCC(=O)N(C)Cc3ccc(Cl)c(Cl)c3)c(C)n2n1. The summed E-state index contributed by atoms with van der Waals surface area (Å²) in [6.45, 7) is 4.41. The van der Waals surface area contributed by atoms with E-state index in [0.717, 1.165) is 22.5 Å². The molecule has 0 saturated carbocycles. The second-order valence-corrected chi connectivity index (χ2v) is 8.16. The van der Waals surface area contributed by atoms with Crippen molar-refractivity contribution in [2.24, 2.45) is 0 Å². The van der Waals surface area contributed by atoms with Crippen molar-refractivity contribution in [2.75, 3.05) is 13.3 Å². The number of hydrogen-bond acceptors (Lipinski definition) is 5. The summed E-state index contributed by atoms with van der Waals surface area (Å²) in [4.78, 5) is 23.2. The Labute approximate surface area is 178 Å². The zero-order valence-electron chi connectivity index (χ0n) is 16.2. The van der Waals surface area contributed by atoms with Gasteiger partial charge in [-0.15, -0.1) is 5.10 Å². The van der Waals surface area contributed by atoms with Crippen LogP contribution in [0.4, 0.5) is 0 Å². The fourth-order valence-electron chi connectivity index (χ4n) is 3.06. The van der Waals surface area contributed by atoms with Crippen LogP contribution in [0.2, 0.25) is 10.0 Å². The number of halogens is 2. The van der Waals surface area contributed by atoms with E-state index >= 15 is 0 Å². The summed E-state index contributed by atoms with van der Waals surface area (Å²) in [6.07, 6.45) is 2.91. The van der Waals surface area contributed by atoms with Crippen molar-refractivity contribution in [3.63, 3.8) is 0 Å². The monoisotopic (exact) mass is 437 g/mol. The Bertz CT molecular complexity index is 1040. The molecule has 0 aliphatic rings. The predicted molar refractivity (Wildman–Crippen MR) is 113 cm³/mol. The smallest absolute Gasteiger partial charge is 0.253 e. The molecule has 9 heteroatoms. The minimum atomic E-state index is 0.0494. The molecule has 0 N–H and O–H groups in total. The Morgan fingerprint density at radius 3 is 2.64 bits per heavy atom. The molecule has 0 bridgehead atoms. The number of nitrogens with zero attached hydrogens (tertiary/aromatic N) is 5. The number of aromatic nitrogens is 4. The second-order valence-electron chi connectivity index (χ2n) is 6.57. The maximum atomic E-state index is 12.6. The van der Waals surface area contributed by atoms with Crippen LogP contribution in [0.5, 0.6) is 0 Å². The molecular weight excluding hydrogens is 417 g/mol. The summed E-state index contributed by atoms with van der Waals surface area (Å²) in [5, 5.41) is 6.13. The molecule has 0 fully saturated rings. The molecule has 1 aromatic carbocycles. The van der Waals surface area contributed by atoms with Crippen LogP contribution in [0.25, 0.3) is 5.78 Å². The average Bonchev–Trinajstić information content (AvgIpc) is 3.07. The molecule has 28 heavy (non-hydrogen) atoms. The molecule has 148 valence electrons.